The Morgan fingerprint density at radius 1 is 1.03 bits per heavy atom. The Kier molecular flexibility index (Phi) is 6.47. The van der Waals surface area contributed by atoms with Gasteiger partial charge in [0.2, 0.25) is 5.91 Å². The number of rotatable bonds is 8. The van der Waals surface area contributed by atoms with Crippen LogP contribution in [0.5, 0.6) is 0 Å². The summed E-state index contributed by atoms with van der Waals surface area (Å²) >= 11 is 0. The van der Waals surface area contributed by atoms with Gasteiger partial charge in [-0.2, -0.15) is 0 Å². The molecule has 2 aromatic rings. The molecule has 2 atom stereocenters. The third-order valence-corrected chi connectivity index (χ3v) is 7.50. The predicted molar refractivity (Wildman–Crippen MR) is 128 cm³/mol. The molecule has 184 valence electrons. The molecule has 8 heteroatoms. The van der Waals surface area contributed by atoms with Crippen LogP contribution in [0.25, 0.3) is 11.1 Å². The maximum atomic E-state index is 12.7. The summed E-state index contributed by atoms with van der Waals surface area (Å²) in [5, 5.41) is 15.0. The summed E-state index contributed by atoms with van der Waals surface area (Å²) in [4.78, 5) is 36.5. The van der Waals surface area contributed by atoms with E-state index in [1.165, 1.54) is 11.1 Å². The second-order valence-electron chi connectivity index (χ2n) is 9.77. The molecular weight excluding hydrogens is 448 g/mol. The molecule has 2 aliphatic carbocycles. The first-order valence-corrected chi connectivity index (χ1v) is 12.2. The number of hydrogen-bond acceptors (Lipinski definition) is 5. The van der Waals surface area contributed by atoms with Gasteiger partial charge in [0, 0.05) is 37.5 Å². The van der Waals surface area contributed by atoms with Crippen LogP contribution in [0.1, 0.15) is 42.7 Å². The highest BCUT2D eigenvalue weighted by Gasteiger charge is 2.50. The largest absolute Gasteiger partial charge is 0.481 e. The van der Waals surface area contributed by atoms with Crippen LogP contribution in [0.4, 0.5) is 4.79 Å². The highest BCUT2D eigenvalue weighted by atomic mass is 16.5. The number of hydrogen-bond donors (Lipinski definition) is 3. The Bertz CT molecular complexity index is 1080. The number of carbonyl (C=O) groups excluding carboxylic acids is 2. The van der Waals surface area contributed by atoms with Gasteiger partial charge in [-0.15, -0.1) is 0 Å². The Morgan fingerprint density at radius 2 is 1.69 bits per heavy atom. The van der Waals surface area contributed by atoms with Crippen molar-refractivity contribution in [2.75, 3.05) is 26.4 Å². The van der Waals surface area contributed by atoms with E-state index in [1.807, 2.05) is 24.3 Å². The molecule has 2 amide bonds. The molecule has 0 radical (unpaired) electrons. The molecule has 1 saturated carbocycles. The van der Waals surface area contributed by atoms with Crippen molar-refractivity contribution in [3.05, 3.63) is 59.7 Å². The molecule has 1 heterocycles. The zero-order valence-electron chi connectivity index (χ0n) is 19.5. The molecule has 3 aliphatic rings. The molecule has 2 unspecified atom stereocenters. The first-order valence-electron chi connectivity index (χ1n) is 12.2. The van der Waals surface area contributed by atoms with E-state index in [9.17, 15) is 19.5 Å². The third kappa shape index (κ3) is 4.89. The zero-order chi connectivity index (χ0) is 24.4. The number of benzene rings is 2. The summed E-state index contributed by atoms with van der Waals surface area (Å²) in [7, 11) is 0. The molecule has 8 nitrogen and oxygen atoms in total. The fourth-order valence-corrected chi connectivity index (χ4v) is 5.17. The number of carboxylic acids is 1. The Hall–Kier alpha value is -3.39. The number of amides is 2. The van der Waals surface area contributed by atoms with Crippen molar-refractivity contribution in [2.45, 2.75) is 37.6 Å². The Labute approximate surface area is 204 Å². The number of ether oxygens (including phenoxy) is 2. The number of carbonyl (C=O) groups is 3. The lowest BCUT2D eigenvalue weighted by Crippen LogP contribution is -2.47. The van der Waals surface area contributed by atoms with E-state index in [2.05, 4.69) is 34.9 Å². The van der Waals surface area contributed by atoms with Crippen LogP contribution < -0.4 is 10.6 Å². The minimum absolute atomic E-state index is 0.0200. The van der Waals surface area contributed by atoms with Gasteiger partial charge in [-0.1, -0.05) is 48.5 Å². The summed E-state index contributed by atoms with van der Waals surface area (Å²) in [5.41, 5.74) is 3.83. The lowest BCUT2D eigenvalue weighted by molar-refractivity contribution is -0.143. The molecule has 2 aromatic carbocycles. The fraction of sp³-hybridized carbons (Fsp3) is 0.444. The quantitative estimate of drug-likeness (QED) is 0.537. The standard InChI is InChI=1S/C27H30N2O6/c30-24(28-16-27(10-11-27)25(31)32)13-17-14-34-12-9-23(17)29-26(33)35-15-22-20-7-3-1-5-18(20)19-6-2-4-8-21(19)22/h1-8,17,22-23H,9-16H2,(H,28,30)(H,29,33)(H,31,32). The van der Waals surface area contributed by atoms with Gasteiger partial charge in [-0.25, -0.2) is 4.79 Å². The van der Waals surface area contributed by atoms with Crippen LogP contribution in [-0.2, 0) is 19.1 Å². The third-order valence-electron chi connectivity index (χ3n) is 7.50. The van der Waals surface area contributed by atoms with Crippen molar-refractivity contribution in [1.82, 2.24) is 10.6 Å². The fourth-order valence-electron chi connectivity index (χ4n) is 5.17. The van der Waals surface area contributed by atoms with Crippen molar-refractivity contribution in [3.8, 4) is 11.1 Å². The maximum Gasteiger partial charge on any atom is 0.407 e. The minimum atomic E-state index is -0.867. The first kappa shape index (κ1) is 23.4. The van der Waals surface area contributed by atoms with Crippen molar-refractivity contribution in [1.29, 1.82) is 0 Å². The van der Waals surface area contributed by atoms with Gasteiger partial charge in [0.1, 0.15) is 6.61 Å². The van der Waals surface area contributed by atoms with Crippen molar-refractivity contribution < 1.29 is 29.0 Å². The molecule has 35 heavy (non-hydrogen) atoms. The van der Waals surface area contributed by atoms with E-state index >= 15 is 0 Å². The summed E-state index contributed by atoms with van der Waals surface area (Å²) in [6.45, 7) is 1.21. The number of nitrogens with one attached hydrogen (secondary N) is 2. The predicted octanol–water partition coefficient (Wildman–Crippen LogP) is 3.30. The normalized spacial score (nSPS) is 21.9. The van der Waals surface area contributed by atoms with E-state index in [0.717, 1.165) is 11.1 Å². The lowest BCUT2D eigenvalue weighted by Gasteiger charge is -2.31. The lowest BCUT2D eigenvalue weighted by atomic mass is 9.92. The van der Waals surface area contributed by atoms with E-state index in [1.54, 1.807) is 0 Å². The molecule has 3 N–H and O–H groups in total. The molecule has 0 aromatic heterocycles. The molecule has 5 rings (SSSR count). The van der Waals surface area contributed by atoms with Crippen LogP contribution in [0, 0.1) is 11.3 Å². The Balaban J connectivity index is 1.15. The van der Waals surface area contributed by atoms with Crippen LogP contribution >= 0.6 is 0 Å². The first-order chi connectivity index (χ1) is 17.0. The second-order valence-corrected chi connectivity index (χ2v) is 9.77. The van der Waals surface area contributed by atoms with Crippen molar-refractivity contribution >= 4 is 18.0 Å². The molecule has 1 saturated heterocycles. The van der Waals surface area contributed by atoms with E-state index in [0.29, 0.717) is 32.5 Å². The highest BCUT2D eigenvalue weighted by Crippen LogP contribution is 2.45. The van der Waals surface area contributed by atoms with Gasteiger partial charge < -0.3 is 25.2 Å². The van der Waals surface area contributed by atoms with Crippen LogP contribution in [0.3, 0.4) is 0 Å². The molecule has 1 aliphatic heterocycles. The highest BCUT2D eigenvalue weighted by molar-refractivity contribution is 5.81. The van der Waals surface area contributed by atoms with Crippen LogP contribution in [0.2, 0.25) is 0 Å². The van der Waals surface area contributed by atoms with E-state index < -0.39 is 17.5 Å². The minimum Gasteiger partial charge on any atom is -0.481 e. The van der Waals surface area contributed by atoms with Crippen molar-refractivity contribution in [3.63, 3.8) is 0 Å². The maximum absolute atomic E-state index is 12.7. The topological polar surface area (TPSA) is 114 Å². The van der Waals surface area contributed by atoms with Gasteiger partial charge in [-0.3, -0.25) is 9.59 Å². The molecule has 0 spiro atoms. The number of alkyl carbamates (subject to hydrolysis) is 1. The van der Waals surface area contributed by atoms with E-state index in [4.69, 9.17) is 9.47 Å². The van der Waals surface area contributed by atoms with Gasteiger partial charge in [0.15, 0.2) is 0 Å². The smallest absolute Gasteiger partial charge is 0.407 e. The van der Waals surface area contributed by atoms with Crippen LogP contribution in [0.15, 0.2) is 48.5 Å². The second kappa shape index (κ2) is 9.70. The van der Waals surface area contributed by atoms with Gasteiger partial charge >= 0.3 is 12.1 Å². The number of fused-ring (bicyclic) bond motifs is 3. The summed E-state index contributed by atoms with van der Waals surface area (Å²) in [6.07, 6.45) is 1.40. The number of aliphatic carboxylic acids is 1. The SMILES string of the molecule is O=C(CC1COCCC1NC(=O)OCC1c2ccccc2-c2ccccc21)NCC1(C(=O)O)CC1. The van der Waals surface area contributed by atoms with Gasteiger partial charge in [0.05, 0.1) is 12.0 Å². The summed E-state index contributed by atoms with van der Waals surface area (Å²) in [5.74, 6) is -1.32. The van der Waals surface area contributed by atoms with Gasteiger partial charge in [-0.05, 0) is 41.5 Å². The van der Waals surface area contributed by atoms with Crippen molar-refractivity contribution in [2.24, 2.45) is 11.3 Å². The van der Waals surface area contributed by atoms with E-state index in [-0.39, 0.29) is 43.4 Å². The molecule has 2 fully saturated rings. The summed E-state index contributed by atoms with van der Waals surface area (Å²) < 4.78 is 11.2. The average Bonchev–Trinajstić information content (AvgIpc) is 3.60. The molecular formula is C27H30N2O6. The monoisotopic (exact) mass is 478 g/mol. The zero-order valence-corrected chi connectivity index (χ0v) is 19.5. The number of carboxylic acid groups (broad SMARTS) is 1. The average molecular weight is 479 g/mol. The molecule has 0 bridgehead atoms. The van der Waals surface area contributed by atoms with Gasteiger partial charge in [0.25, 0.3) is 0 Å². The summed E-state index contributed by atoms with van der Waals surface area (Å²) in [6, 6.07) is 16.1. The van der Waals surface area contributed by atoms with Crippen LogP contribution in [-0.4, -0.2) is 55.5 Å². The Morgan fingerprint density at radius 3 is 2.31 bits per heavy atom.